The highest BCUT2D eigenvalue weighted by Crippen LogP contribution is 2.50. The molecule has 196 valence electrons. The number of hydrogen-bond donors (Lipinski definition) is 1. The molecule has 1 aromatic heterocycles. The molecule has 38 heavy (non-hydrogen) atoms. The van der Waals surface area contributed by atoms with Crippen LogP contribution >= 0.6 is 0 Å². The van der Waals surface area contributed by atoms with Crippen LogP contribution in [0.2, 0.25) is 0 Å². The maximum atomic E-state index is 13.9. The van der Waals surface area contributed by atoms with Gasteiger partial charge in [0.15, 0.2) is 0 Å². The second kappa shape index (κ2) is 10.0. The minimum atomic E-state index is -0.719. The average Bonchev–Trinajstić information content (AvgIpc) is 3.33. The van der Waals surface area contributed by atoms with E-state index >= 15 is 0 Å². The number of carbonyl (C=O) groups excluding carboxylic acids is 1. The lowest BCUT2D eigenvalue weighted by molar-refractivity contribution is -0.146. The van der Waals surface area contributed by atoms with Gasteiger partial charge in [0.05, 0.1) is 5.92 Å². The summed E-state index contributed by atoms with van der Waals surface area (Å²) in [5, 5.41) is 9.41. The number of carbonyl (C=O) groups is 2. The first-order valence-electron chi connectivity index (χ1n) is 14.1. The van der Waals surface area contributed by atoms with E-state index in [0.717, 1.165) is 37.8 Å². The molecule has 1 saturated heterocycles. The first kappa shape index (κ1) is 24.8. The smallest absolute Gasteiger partial charge is 0.306 e. The van der Waals surface area contributed by atoms with E-state index in [1.807, 2.05) is 12.3 Å². The number of carboxylic acids is 1. The Morgan fingerprint density at radius 2 is 1.74 bits per heavy atom. The molecule has 2 atom stereocenters. The van der Waals surface area contributed by atoms with Crippen molar-refractivity contribution in [1.29, 1.82) is 0 Å². The first-order chi connectivity index (χ1) is 18.4. The van der Waals surface area contributed by atoms with Crippen molar-refractivity contribution < 1.29 is 14.7 Å². The highest BCUT2D eigenvalue weighted by Gasteiger charge is 2.53. The number of aliphatic carboxylic acids is 1. The highest BCUT2D eigenvalue weighted by atomic mass is 16.4. The third-order valence-corrected chi connectivity index (χ3v) is 9.49. The van der Waals surface area contributed by atoms with E-state index in [4.69, 9.17) is 0 Å². The Labute approximate surface area is 224 Å². The van der Waals surface area contributed by atoms with Gasteiger partial charge in [-0.15, -0.1) is 0 Å². The Hall–Kier alpha value is -3.47. The Morgan fingerprint density at radius 3 is 2.45 bits per heavy atom. The molecule has 0 spiro atoms. The fraction of sp³-hybridized carbons (Fsp3) is 0.424. The predicted molar refractivity (Wildman–Crippen MR) is 148 cm³/mol. The van der Waals surface area contributed by atoms with Gasteiger partial charge in [-0.2, -0.15) is 0 Å². The number of aryl methyl sites for hydroxylation is 2. The predicted octanol–water partition coefficient (Wildman–Crippen LogP) is 5.98. The van der Waals surface area contributed by atoms with E-state index in [1.165, 1.54) is 27.8 Å². The third kappa shape index (κ3) is 4.42. The van der Waals surface area contributed by atoms with Gasteiger partial charge in [0.2, 0.25) is 5.91 Å². The molecular formula is C33H36N2O3. The van der Waals surface area contributed by atoms with Crippen LogP contribution in [0.15, 0.2) is 67.0 Å². The zero-order chi connectivity index (χ0) is 26.3. The standard InChI is InChI=1S/C33H36N2O3/c1-22-4-6-23(7-5-22)20-33-16-18-35(31(36)24-8-10-25(11-9-24)32(37)38)30(33)15-13-27-19-26(12-14-29(27)33)28-3-2-17-34-21-28/h2-7,12,14,17,19,21,24-25,30H,8-11,13,15-16,18,20H2,1H3,(H,37,38). The quantitative estimate of drug-likeness (QED) is 0.461. The monoisotopic (exact) mass is 508 g/mol. The van der Waals surface area contributed by atoms with Crippen LogP contribution in [0.5, 0.6) is 0 Å². The Bertz CT molecular complexity index is 1330. The normalized spacial score (nSPS) is 26.4. The number of hydrogen-bond acceptors (Lipinski definition) is 3. The number of amides is 1. The van der Waals surface area contributed by atoms with Gasteiger partial charge in [0.1, 0.15) is 0 Å². The maximum Gasteiger partial charge on any atom is 0.306 e. The molecule has 2 fully saturated rings. The molecule has 2 aliphatic carbocycles. The maximum absolute atomic E-state index is 13.9. The van der Waals surface area contributed by atoms with Gasteiger partial charge in [-0.1, -0.05) is 54.1 Å². The van der Waals surface area contributed by atoms with E-state index in [0.29, 0.717) is 25.7 Å². The Kier molecular flexibility index (Phi) is 6.55. The number of likely N-dealkylation sites (tertiary alicyclic amines) is 1. The van der Waals surface area contributed by atoms with Crippen molar-refractivity contribution in [3.63, 3.8) is 0 Å². The van der Waals surface area contributed by atoms with Crippen molar-refractivity contribution in [1.82, 2.24) is 9.88 Å². The van der Waals surface area contributed by atoms with Crippen molar-refractivity contribution in [2.75, 3.05) is 6.54 Å². The molecule has 5 heteroatoms. The van der Waals surface area contributed by atoms with Crippen molar-refractivity contribution in [2.45, 2.75) is 69.7 Å². The first-order valence-corrected chi connectivity index (χ1v) is 14.1. The molecule has 6 rings (SSSR count). The lowest BCUT2D eigenvalue weighted by Gasteiger charge is -2.44. The summed E-state index contributed by atoms with van der Waals surface area (Å²) in [5.41, 5.74) is 7.59. The zero-order valence-corrected chi connectivity index (χ0v) is 22.1. The molecule has 1 amide bonds. The van der Waals surface area contributed by atoms with Crippen molar-refractivity contribution >= 4 is 11.9 Å². The van der Waals surface area contributed by atoms with Gasteiger partial charge in [-0.05, 0) is 92.2 Å². The molecule has 3 aromatic rings. The molecule has 2 heterocycles. The van der Waals surface area contributed by atoms with E-state index in [1.54, 1.807) is 6.20 Å². The minimum Gasteiger partial charge on any atom is -0.481 e. The van der Waals surface area contributed by atoms with Gasteiger partial charge in [0.25, 0.3) is 0 Å². The van der Waals surface area contributed by atoms with Crippen LogP contribution in [0.1, 0.15) is 60.8 Å². The summed E-state index contributed by atoms with van der Waals surface area (Å²) in [7, 11) is 0. The van der Waals surface area contributed by atoms with Crippen LogP contribution in [0.3, 0.4) is 0 Å². The number of rotatable bonds is 5. The molecule has 1 N–H and O–H groups in total. The summed E-state index contributed by atoms with van der Waals surface area (Å²) >= 11 is 0. The van der Waals surface area contributed by atoms with Crippen LogP contribution in [-0.4, -0.2) is 39.5 Å². The van der Waals surface area contributed by atoms with Gasteiger partial charge >= 0.3 is 5.97 Å². The Balaban J connectivity index is 1.33. The zero-order valence-electron chi connectivity index (χ0n) is 22.1. The van der Waals surface area contributed by atoms with Crippen LogP contribution in [0, 0.1) is 18.8 Å². The fourth-order valence-electron chi connectivity index (χ4n) is 7.44. The van der Waals surface area contributed by atoms with E-state index in [9.17, 15) is 14.7 Å². The third-order valence-electron chi connectivity index (χ3n) is 9.49. The summed E-state index contributed by atoms with van der Waals surface area (Å²) in [4.78, 5) is 31.8. The molecule has 0 radical (unpaired) electrons. The van der Waals surface area contributed by atoms with Crippen LogP contribution in [-0.2, 0) is 27.8 Å². The van der Waals surface area contributed by atoms with Crippen LogP contribution < -0.4 is 0 Å². The number of benzene rings is 2. The van der Waals surface area contributed by atoms with E-state index < -0.39 is 5.97 Å². The second-order valence-electron chi connectivity index (χ2n) is 11.7. The van der Waals surface area contributed by atoms with Gasteiger partial charge < -0.3 is 10.0 Å². The number of pyridine rings is 1. The largest absolute Gasteiger partial charge is 0.481 e. The molecule has 1 saturated carbocycles. The van der Waals surface area contributed by atoms with Gasteiger partial charge in [0, 0.05) is 36.3 Å². The molecule has 5 nitrogen and oxygen atoms in total. The average molecular weight is 509 g/mol. The Morgan fingerprint density at radius 1 is 0.974 bits per heavy atom. The van der Waals surface area contributed by atoms with Crippen LogP contribution in [0.4, 0.5) is 0 Å². The summed E-state index contributed by atoms with van der Waals surface area (Å²) < 4.78 is 0. The summed E-state index contributed by atoms with van der Waals surface area (Å²) in [6, 6.07) is 20.0. The molecule has 1 aliphatic heterocycles. The molecule has 2 aromatic carbocycles. The van der Waals surface area contributed by atoms with Gasteiger partial charge in [-0.25, -0.2) is 0 Å². The number of carboxylic acid groups (broad SMARTS) is 1. The molecule has 3 aliphatic rings. The molecule has 0 bridgehead atoms. The van der Waals surface area contributed by atoms with Crippen molar-refractivity contribution in [2.24, 2.45) is 11.8 Å². The topological polar surface area (TPSA) is 70.5 Å². The van der Waals surface area contributed by atoms with E-state index in [-0.39, 0.29) is 29.2 Å². The molecule has 2 unspecified atom stereocenters. The molecular weight excluding hydrogens is 472 g/mol. The fourth-order valence-corrected chi connectivity index (χ4v) is 7.44. The summed E-state index contributed by atoms with van der Waals surface area (Å²) in [6.45, 7) is 2.90. The van der Waals surface area contributed by atoms with Gasteiger partial charge in [-0.3, -0.25) is 14.6 Å². The van der Waals surface area contributed by atoms with Crippen molar-refractivity contribution in [3.05, 3.63) is 89.2 Å². The lowest BCUT2D eigenvalue weighted by Crippen LogP contribution is -2.50. The summed E-state index contributed by atoms with van der Waals surface area (Å²) in [5.74, 6) is -0.812. The lowest BCUT2D eigenvalue weighted by atomic mass is 9.63. The van der Waals surface area contributed by atoms with E-state index in [2.05, 4.69) is 65.3 Å². The van der Waals surface area contributed by atoms with Crippen LogP contribution in [0.25, 0.3) is 11.1 Å². The van der Waals surface area contributed by atoms with Crippen molar-refractivity contribution in [3.8, 4) is 11.1 Å². The SMILES string of the molecule is Cc1ccc(CC23CCN(C(=O)C4CCC(C(=O)O)CC4)C2CCc2cc(-c4cccnc4)ccc23)cc1. The number of aromatic nitrogens is 1. The highest BCUT2D eigenvalue weighted by molar-refractivity contribution is 5.81. The number of fused-ring (bicyclic) bond motifs is 3. The minimum absolute atomic E-state index is 0.0462. The second-order valence-corrected chi connectivity index (χ2v) is 11.7. The number of nitrogens with zero attached hydrogens (tertiary/aromatic N) is 2. The summed E-state index contributed by atoms with van der Waals surface area (Å²) in [6.07, 6.45) is 10.1.